The Kier molecular flexibility index (Phi) is 4.18. The quantitative estimate of drug-likeness (QED) is 0.477. The van der Waals surface area contributed by atoms with Crippen LogP contribution in [0.4, 0.5) is 10.1 Å². The standard InChI is InChI=1S/C14H9ClFNO4/c1-8(18)11-6-9(16)2-4-13(11)21-14-5-3-10(17(19)20)7-12(14)15/h2-7H,1H3. The summed E-state index contributed by atoms with van der Waals surface area (Å²) < 4.78 is 18.6. The maximum absolute atomic E-state index is 13.2. The summed E-state index contributed by atoms with van der Waals surface area (Å²) in [7, 11) is 0. The second-order valence-corrected chi connectivity index (χ2v) is 4.58. The van der Waals surface area contributed by atoms with Crippen LogP contribution in [0.25, 0.3) is 0 Å². The highest BCUT2D eigenvalue weighted by atomic mass is 35.5. The summed E-state index contributed by atoms with van der Waals surface area (Å²) in [5.74, 6) is -0.680. The third-order valence-corrected chi connectivity index (χ3v) is 2.96. The molecule has 0 saturated heterocycles. The zero-order valence-corrected chi connectivity index (χ0v) is 11.6. The number of rotatable bonds is 4. The van der Waals surface area contributed by atoms with E-state index >= 15 is 0 Å². The fourth-order valence-corrected chi connectivity index (χ4v) is 1.88. The van der Waals surface area contributed by atoms with Gasteiger partial charge in [0.25, 0.3) is 5.69 Å². The van der Waals surface area contributed by atoms with Crippen LogP contribution in [0.3, 0.4) is 0 Å². The lowest BCUT2D eigenvalue weighted by molar-refractivity contribution is -0.384. The van der Waals surface area contributed by atoms with Gasteiger partial charge in [-0.1, -0.05) is 11.6 Å². The van der Waals surface area contributed by atoms with Crippen molar-refractivity contribution in [2.24, 2.45) is 0 Å². The van der Waals surface area contributed by atoms with Crippen LogP contribution in [0.5, 0.6) is 11.5 Å². The molecule has 2 aromatic carbocycles. The number of ketones is 1. The van der Waals surface area contributed by atoms with Crippen molar-refractivity contribution >= 4 is 23.1 Å². The van der Waals surface area contributed by atoms with Crippen LogP contribution in [0.15, 0.2) is 36.4 Å². The Bertz CT molecular complexity index is 733. The molecule has 0 fully saturated rings. The van der Waals surface area contributed by atoms with Gasteiger partial charge in [0.15, 0.2) is 5.78 Å². The highest BCUT2D eigenvalue weighted by molar-refractivity contribution is 6.32. The molecule has 0 unspecified atom stereocenters. The van der Waals surface area contributed by atoms with Crippen LogP contribution in [-0.2, 0) is 0 Å². The van der Waals surface area contributed by atoms with Crippen molar-refractivity contribution in [3.63, 3.8) is 0 Å². The van der Waals surface area contributed by atoms with E-state index in [2.05, 4.69) is 0 Å². The second kappa shape index (κ2) is 5.88. The minimum absolute atomic E-state index is 0.0167. The SMILES string of the molecule is CC(=O)c1cc(F)ccc1Oc1ccc([N+](=O)[O-])cc1Cl. The Morgan fingerprint density at radius 3 is 2.48 bits per heavy atom. The number of hydrogen-bond acceptors (Lipinski definition) is 4. The molecule has 0 aliphatic heterocycles. The molecule has 0 bridgehead atoms. The van der Waals surface area contributed by atoms with Crippen LogP contribution in [0, 0.1) is 15.9 Å². The monoisotopic (exact) mass is 309 g/mol. The van der Waals surface area contributed by atoms with Crippen molar-refractivity contribution in [1.82, 2.24) is 0 Å². The van der Waals surface area contributed by atoms with Crippen molar-refractivity contribution in [2.75, 3.05) is 0 Å². The fourth-order valence-electron chi connectivity index (χ4n) is 1.67. The Morgan fingerprint density at radius 2 is 1.90 bits per heavy atom. The van der Waals surface area contributed by atoms with Crippen LogP contribution in [-0.4, -0.2) is 10.7 Å². The molecule has 0 spiro atoms. The van der Waals surface area contributed by atoms with E-state index in [-0.39, 0.29) is 33.6 Å². The zero-order valence-electron chi connectivity index (χ0n) is 10.8. The fraction of sp³-hybridized carbons (Fsp3) is 0.0714. The number of ether oxygens (including phenoxy) is 1. The third-order valence-electron chi connectivity index (χ3n) is 2.67. The summed E-state index contributed by atoms with van der Waals surface area (Å²) in [6.07, 6.45) is 0. The molecule has 0 N–H and O–H groups in total. The summed E-state index contributed by atoms with van der Waals surface area (Å²) in [5, 5.41) is 10.6. The van der Waals surface area contributed by atoms with Gasteiger partial charge in [0.1, 0.15) is 17.3 Å². The van der Waals surface area contributed by atoms with Gasteiger partial charge in [0.2, 0.25) is 0 Å². The Morgan fingerprint density at radius 1 is 1.24 bits per heavy atom. The Balaban J connectivity index is 2.39. The minimum Gasteiger partial charge on any atom is -0.455 e. The number of nitro benzene ring substituents is 1. The number of non-ortho nitro benzene ring substituents is 1. The van der Waals surface area contributed by atoms with Crippen LogP contribution >= 0.6 is 11.6 Å². The van der Waals surface area contributed by atoms with Crippen LogP contribution in [0.2, 0.25) is 5.02 Å². The maximum atomic E-state index is 13.2. The lowest BCUT2D eigenvalue weighted by Gasteiger charge is -2.10. The predicted octanol–water partition coefficient (Wildman–Crippen LogP) is 4.38. The molecule has 0 amide bonds. The molecular weight excluding hydrogens is 301 g/mol. The average molecular weight is 310 g/mol. The van der Waals surface area contributed by atoms with Crippen molar-refractivity contribution in [2.45, 2.75) is 6.92 Å². The second-order valence-electron chi connectivity index (χ2n) is 4.17. The number of benzene rings is 2. The van der Waals surface area contributed by atoms with Crippen molar-refractivity contribution < 1.29 is 18.8 Å². The molecular formula is C14H9ClFNO4. The first-order chi connectivity index (χ1) is 9.88. The summed E-state index contributed by atoms with van der Waals surface area (Å²) in [6, 6.07) is 7.15. The first-order valence-electron chi connectivity index (χ1n) is 5.81. The summed E-state index contributed by atoms with van der Waals surface area (Å²) in [6.45, 7) is 1.28. The molecule has 0 aliphatic rings. The topological polar surface area (TPSA) is 69.4 Å². The van der Waals surface area contributed by atoms with Gasteiger partial charge in [-0.3, -0.25) is 14.9 Å². The van der Waals surface area contributed by atoms with Gasteiger partial charge in [0, 0.05) is 12.1 Å². The first kappa shape index (κ1) is 14.9. The van der Waals surface area contributed by atoms with E-state index in [9.17, 15) is 19.3 Å². The molecule has 5 nitrogen and oxygen atoms in total. The maximum Gasteiger partial charge on any atom is 0.271 e. The van der Waals surface area contributed by atoms with E-state index in [4.69, 9.17) is 16.3 Å². The Hall–Kier alpha value is -2.47. The lowest BCUT2D eigenvalue weighted by atomic mass is 10.1. The molecule has 21 heavy (non-hydrogen) atoms. The van der Waals surface area contributed by atoms with E-state index < -0.39 is 10.7 Å². The molecule has 0 radical (unpaired) electrons. The molecule has 2 rings (SSSR count). The number of nitro groups is 1. The van der Waals surface area contributed by atoms with Crippen LogP contribution < -0.4 is 4.74 Å². The van der Waals surface area contributed by atoms with E-state index in [1.54, 1.807) is 0 Å². The zero-order chi connectivity index (χ0) is 15.6. The number of nitrogens with zero attached hydrogens (tertiary/aromatic N) is 1. The number of halogens is 2. The molecule has 0 heterocycles. The number of hydrogen-bond donors (Lipinski definition) is 0. The van der Waals surface area contributed by atoms with Crippen molar-refractivity contribution in [3.8, 4) is 11.5 Å². The van der Waals surface area contributed by atoms with E-state index in [0.717, 1.165) is 18.2 Å². The smallest absolute Gasteiger partial charge is 0.271 e. The van der Waals surface area contributed by atoms with Crippen molar-refractivity contribution in [3.05, 3.63) is 62.9 Å². The van der Waals surface area contributed by atoms with Crippen molar-refractivity contribution in [1.29, 1.82) is 0 Å². The van der Waals surface area contributed by atoms with Gasteiger partial charge in [0.05, 0.1) is 15.5 Å². The summed E-state index contributed by atoms with van der Waals surface area (Å²) in [4.78, 5) is 21.5. The molecule has 2 aromatic rings. The predicted molar refractivity (Wildman–Crippen MR) is 74.6 cm³/mol. The molecule has 0 aromatic heterocycles. The van der Waals surface area contributed by atoms with E-state index in [0.29, 0.717) is 0 Å². The first-order valence-corrected chi connectivity index (χ1v) is 6.18. The van der Waals surface area contributed by atoms with E-state index in [1.165, 1.54) is 25.1 Å². The lowest BCUT2D eigenvalue weighted by Crippen LogP contribution is -1.98. The number of carbonyl (C=O) groups is 1. The number of Topliss-reactive ketones (excluding diaryl/α,β-unsaturated/α-hetero) is 1. The molecule has 0 saturated carbocycles. The van der Waals surface area contributed by atoms with Gasteiger partial charge in [-0.15, -0.1) is 0 Å². The number of carbonyl (C=O) groups excluding carboxylic acids is 1. The largest absolute Gasteiger partial charge is 0.455 e. The summed E-state index contributed by atoms with van der Waals surface area (Å²) in [5.41, 5.74) is -0.123. The highest BCUT2D eigenvalue weighted by Crippen LogP contribution is 2.34. The minimum atomic E-state index is -0.589. The normalized spacial score (nSPS) is 10.2. The molecule has 108 valence electrons. The third kappa shape index (κ3) is 3.35. The van der Waals surface area contributed by atoms with Gasteiger partial charge in [-0.05, 0) is 31.2 Å². The highest BCUT2D eigenvalue weighted by Gasteiger charge is 2.14. The average Bonchev–Trinajstić information content (AvgIpc) is 2.42. The summed E-state index contributed by atoms with van der Waals surface area (Å²) >= 11 is 5.90. The van der Waals surface area contributed by atoms with Gasteiger partial charge < -0.3 is 4.74 Å². The van der Waals surface area contributed by atoms with E-state index in [1.807, 2.05) is 0 Å². The van der Waals surface area contributed by atoms with Crippen LogP contribution in [0.1, 0.15) is 17.3 Å². The Labute approximate surface area is 124 Å². The van der Waals surface area contributed by atoms with Gasteiger partial charge in [-0.25, -0.2) is 4.39 Å². The molecule has 0 aliphatic carbocycles. The van der Waals surface area contributed by atoms with Gasteiger partial charge >= 0.3 is 0 Å². The van der Waals surface area contributed by atoms with Gasteiger partial charge in [-0.2, -0.15) is 0 Å². The molecule has 0 atom stereocenters. The molecule has 7 heteroatoms.